The number of carbonyl (C=O) groups excluding carboxylic acids is 5. The van der Waals surface area contributed by atoms with Crippen LogP contribution in [0.25, 0.3) is 0 Å². The Bertz CT molecular complexity index is 5410. The van der Waals surface area contributed by atoms with Gasteiger partial charge in [-0.05, 0) is 323 Å². The van der Waals surface area contributed by atoms with Crippen LogP contribution in [0.3, 0.4) is 0 Å². The largest absolute Gasteiger partial charge is 0.492 e. The summed E-state index contributed by atoms with van der Waals surface area (Å²) in [6.07, 6.45) is 21.6. The van der Waals surface area contributed by atoms with E-state index in [1.54, 1.807) is 0 Å². The first-order chi connectivity index (χ1) is 62.8. The number of hydrogen-bond acceptors (Lipinski definition) is 10. The van der Waals surface area contributed by atoms with Gasteiger partial charge in [-0.1, -0.05) is 218 Å². The zero-order chi connectivity index (χ0) is 90.7. The molecule has 15 nitrogen and oxygen atoms in total. The summed E-state index contributed by atoms with van der Waals surface area (Å²) < 4.78 is 31.0. The maximum atomic E-state index is 12.7. The number of ether oxygens (including phenoxy) is 5. The summed E-state index contributed by atoms with van der Waals surface area (Å²) in [5, 5.41) is 15.5. The lowest BCUT2D eigenvalue weighted by Crippen LogP contribution is -2.42. The molecule has 5 spiro atoms. The molecule has 4 unspecified atom stereocenters. The van der Waals surface area contributed by atoms with Crippen molar-refractivity contribution in [1.82, 2.24) is 5.32 Å². The van der Waals surface area contributed by atoms with Crippen LogP contribution in [0.15, 0.2) is 237 Å². The van der Waals surface area contributed by atoms with Gasteiger partial charge in [-0.3, -0.25) is 24.0 Å². The Morgan fingerprint density at radius 3 is 1.07 bits per heavy atom. The number of carbonyl (C=O) groups is 5. The molecule has 130 heavy (non-hydrogen) atoms. The molecule has 5 aliphatic carbocycles. The third kappa shape index (κ3) is 21.2. The zero-order valence-electron chi connectivity index (χ0n) is 78.2. The van der Waals surface area contributed by atoms with Gasteiger partial charge < -0.3 is 50.3 Å². The number of rotatable bonds is 15. The minimum absolute atomic E-state index is 0.0152. The highest BCUT2D eigenvalue weighted by molar-refractivity contribution is 5.95. The smallest absolute Gasteiger partial charge is 0.251 e. The molecular formula is C115H135N5O10. The van der Waals surface area contributed by atoms with Gasteiger partial charge in [0.25, 0.3) is 5.91 Å². The number of para-hydroxylation sites is 1. The molecule has 15 heteroatoms. The number of nitrogens with one attached hydrogen (secondary N) is 5. The average molecular weight is 1750 g/mol. The Kier molecular flexibility index (Phi) is 29.1. The van der Waals surface area contributed by atoms with E-state index in [-0.39, 0.29) is 81.2 Å². The second-order valence-corrected chi connectivity index (χ2v) is 39.7. The second-order valence-electron chi connectivity index (χ2n) is 39.7. The fraction of sp³-hybridized carbons (Fsp3) is 0.435. The molecule has 0 saturated heterocycles. The first-order valence-corrected chi connectivity index (χ1v) is 48.3. The summed E-state index contributed by atoms with van der Waals surface area (Å²) in [5.41, 5.74) is 23.6. The lowest BCUT2D eigenvalue weighted by atomic mass is 9.65. The van der Waals surface area contributed by atoms with Crippen LogP contribution >= 0.6 is 0 Å². The molecule has 10 aliphatic rings. The van der Waals surface area contributed by atoms with E-state index in [0.29, 0.717) is 36.0 Å². The number of amides is 5. The first-order valence-electron chi connectivity index (χ1n) is 48.3. The second kappa shape index (κ2) is 40.9. The van der Waals surface area contributed by atoms with E-state index >= 15 is 0 Å². The van der Waals surface area contributed by atoms with Gasteiger partial charge in [0.15, 0.2) is 0 Å². The monoisotopic (exact) mass is 1750 g/mol. The number of fused-ring (bicyclic) bond motifs is 10. The lowest BCUT2D eigenvalue weighted by molar-refractivity contribution is -0.124. The van der Waals surface area contributed by atoms with Gasteiger partial charge in [-0.25, -0.2) is 0 Å². The minimum Gasteiger partial charge on any atom is -0.492 e. The Balaban J connectivity index is 0.000000119. The van der Waals surface area contributed by atoms with E-state index in [2.05, 4.69) is 191 Å². The topological polar surface area (TPSA) is 192 Å². The van der Waals surface area contributed by atoms with E-state index in [0.717, 1.165) is 196 Å². The van der Waals surface area contributed by atoms with Crippen molar-refractivity contribution >= 4 is 52.3 Å². The summed E-state index contributed by atoms with van der Waals surface area (Å²) in [4.78, 5) is 62.9. The van der Waals surface area contributed by atoms with Crippen LogP contribution in [0, 0.1) is 88.9 Å². The standard InChI is InChI=1S/C24H29NO2.3C23H27NO2.C22H25NO2/c1-16-7-9-21(10-8-16)25-23(26)18(3)19-11-13-24(14-12-19)22-17(2)5-4-6-20(22)15-27-24;1-16-7-9-19(10-8-16)24-22(25)17(2)18-11-13-23(14-12-18)15-26-21-6-4-3-5-20(21)23;1-16-7-9-19(10-8-16)22(25)24-17(2)18-11-13-23(14-12-18)21-6-4-3-5-20(21)15-26-23;1-16-7-9-20(10-8-16)24-22(25)17(2)18-11-13-23(14-12-18)21-6-4-3-5-19(21)15-26-23;1-16-6-8-19(9-7-16)23-21(24)14-17-10-12-22(13-11-17)20-5-3-2-4-18(20)15-25-22/h4-10,18-19H,11-15H2,1-3H3,(H,25,26);3*3-10,17-18H,11-15H2,1-2H3,(H,24,25);2-9,17H,10-15H2,1H3,(H,23,24). The van der Waals surface area contributed by atoms with Gasteiger partial charge in [0, 0.05) is 69.5 Å². The summed E-state index contributed by atoms with van der Waals surface area (Å²) in [5.74, 6) is 3.90. The summed E-state index contributed by atoms with van der Waals surface area (Å²) in [6, 6.07) is 80.7. The van der Waals surface area contributed by atoms with Gasteiger partial charge in [0.05, 0.1) is 55.4 Å². The molecule has 0 aromatic heterocycles. The van der Waals surface area contributed by atoms with Crippen LogP contribution < -0.4 is 31.3 Å². The molecule has 5 amide bonds. The molecule has 0 radical (unpaired) electrons. The zero-order valence-corrected chi connectivity index (χ0v) is 78.2. The Morgan fingerprint density at radius 2 is 0.654 bits per heavy atom. The van der Waals surface area contributed by atoms with Crippen LogP contribution in [-0.4, -0.2) is 42.2 Å². The van der Waals surface area contributed by atoms with Gasteiger partial charge in [-0.15, -0.1) is 0 Å². The average Bonchev–Trinajstić information content (AvgIpc) is 1.61. The van der Waals surface area contributed by atoms with Gasteiger partial charge in [-0.2, -0.15) is 0 Å². The highest BCUT2D eigenvalue weighted by Gasteiger charge is 2.50. The predicted octanol–water partition coefficient (Wildman–Crippen LogP) is 25.4. The van der Waals surface area contributed by atoms with E-state index in [4.69, 9.17) is 23.7 Å². The summed E-state index contributed by atoms with van der Waals surface area (Å²) in [6.45, 7) is 24.5. The lowest BCUT2D eigenvalue weighted by Gasteiger charge is -2.39. The Morgan fingerprint density at radius 1 is 0.331 bits per heavy atom. The number of anilines is 4. The van der Waals surface area contributed by atoms with E-state index < -0.39 is 0 Å². The predicted molar refractivity (Wildman–Crippen MR) is 519 cm³/mol. The van der Waals surface area contributed by atoms with Crippen molar-refractivity contribution in [3.8, 4) is 5.75 Å². The fourth-order valence-corrected chi connectivity index (χ4v) is 22.7. The van der Waals surface area contributed by atoms with Gasteiger partial charge in [0.2, 0.25) is 23.6 Å². The SMILES string of the molecule is Cc1ccc(C(=O)NC(C)C2CCC3(CC2)OCc2ccccc23)cc1.Cc1ccc(NC(=O)C(C)C2CCC3(CC2)COc2ccccc23)cc1.Cc1ccc(NC(=O)C(C)C2CCC3(CC2)OCc2cccc(C)c23)cc1.Cc1ccc(NC(=O)C(C)C2CCC3(CC2)OCc2ccccc23)cc1.Cc1ccc(NC(=O)CC2CCC3(CC2)OCc2ccccc23)cc1. The highest BCUT2D eigenvalue weighted by Crippen LogP contribution is 2.55. The third-order valence-electron chi connectivity index (χ3n) is 31.2. The van der Waals surface area contributed by atoms with E-state index in [9.17, 15) is 24.0 Å². The minimum atomic E-state index is -0.121. The van der Waals surface area contributed by atoms with Crippen molar-refractivity contribution in [1.29, 1.82) is 0 Å². The maximum Gasteiger partial charge on any atom is 0.251 e. The molecule has 5 N–H and O–H groups in total. The molecule has 10 aromatic carbocycles. The van der Waals surface area contributed by atoms with Crippen molar-refractivity contribution in [3.05, 3.63) is 326 Å². The van der Waals surface area contributed by atoms with Crippen molar-refractivity contribution in [2.24, 2.45) is 47.3 Å². The quantitative estimate of drug-likeness (QED) is 0.0660. The number of benzene rings is 10. The van der Waals surface area contributed by atoms with Crippen LogP contribution in [0.4, 0.5) is 22.7 Å². The number of hydrogen-bond donors (Lipinski definition) is 5. The molecular weight excluding hydrogens is 1610 g/mol. The van der Waals surface area contributed by atoms with Crippen molar-refractivity contribution in [3.63, 3.8) is 0 Å². The van der Waals surface area contributed by atoms with Crippen molar-refractivity contribution in [2.45, 2.75) is 264 Å². The van der Waals surface area contributed by atoms with E-state index in [1.807, 2.05) is 141 Å². The highest BCUT2D eigenvalue weighted by atomic mass is 16.5. The number of aryl methyl sites for hydroxylation is 6. The van der Waals surface area contributed by atoms with Gasteiger partial charge >= 0.3 is 0 Å². The van der Waals surface area contributed by atoms with Crippen LogP contribution in [0.2, 0.25) is 0 Å². The van der Waals surface area contributed by atoms with Crippen LogP contribution in [0.1, 0.15) is 256 Å². The van der Waals surface area contributed by atoms with Crippen LogP contribution in [0.5, 0.6) is 5.75 Å². The Hall–Kier alpha value is -10.8. The molecule has 5 saturated carbocycles. The Labute approximate surface area is 771 Å². The maximum absolute atomic E-state index is 12.7. The molecule has 4 atom stereocenters. The molecule has 5 heterocycles. The molecule has 680 valence electrons. The molecule has 20 rings (SSSR count). The first kappa shape index (κ1) is 92.5. The van der Waals surface area contributed by atoms with Crippen molar-refractivity contribution < 1.29 is 47.7 Å². The molecule has 5 fully saturated rings. The van der Waals surface area contributed by atoms with E-state index in [1.165, 1.54) is 83.5 Å². The van der Waals surface area contributed by atoms with Crippen LogP contribution in [-0.2, 0) is 92.4 Å². The normalized spacial score (nSPS) is 25.4. The summed E-state index contributed by atoms with van der Waals surface area (Å²) >= 11 is 0. The van der Waals surface area contributed by atoms with Crippen molar-refractivity contribution in [2.75, 3.05) is 27.9 Å². The third-order valence-corrected chi connectivity index (χ3v) is 31.2. The molecule has 0 bridgehead atoms. The molecule has 10 aromatic rings. The van der Waals surface area contributed by atoms with Gasteiger partial charge in [0.1, 0.15) is 5.75 Å². The fourth-order valence-electron chi connectivity index (χ4n) is 22.7. The molecule has 5 aliphatic heterocycles. The summed E-state index contributed by atoms with van der Waals surface area (Å²) in [7, 11) is 0.